The molecule has 0 amide bonds. The molecule has 2 rings (SSSR count). The normalized spacial score (nSPS) is 13.7. The van der Waals surface area contributed by atoms with Crippen LogP contribution in [0.1, 0.15) is 31.2 Å². The summed E-state index contributed by atoms with van der Waals surface area (Å²) in [6.45, 7) is 4.27. The number of carbonyl (C=O) groups is 1. The molecule has 2 aromatic heterocycles. The molecule has 0 aromatic carbocycles. The summed E-state index contributed by atoms with van der Waals surface area (Å²) in [5.74, 6) is -1.21. The molecule has 0 aliphatic heterocycles. The SMILES string of the molecule is CC(C)C(C(=O)O)[C@H](Cc1cnc(Cl)nc1)c1nnnn1COCCS. The van der Waals surface area contributed by atoms with Gasteiger partial charge in [-0.2, -0.15) is 12.6 Å². The molecule has 0 saturated carbocycles. The average Bonchev–Trinajstić information content (AvgIpc) is 3.04. The fraction of sp³-hybridized carbons (Fsp3) is 0.600. The lowest BCUT2D eigenvalue weighted by Crippen LogP contribution is -2.31. The zero-order valence-electron chi connectivity index (χ0n) is 14.5. The minimum Gasteiger partial charge on any atom is -0.481 e. The van der Waals surface area contributed by atoms with Crippen LogP contribution in [0.3, 0.4) is 0 Å². The molecule has 0 fully saturated rings. The highest BCUT2D eigenvalue weighted by Gasteiger charge is 2.36. The summed E-state index contributed by atoms with van der Waals surface area (Å²) in [4.78, 5) is 19.8. The van der Waals surface area contributed by atoms with Crippen LogP contribution in [-0.2, 0) is 22.7 Å². The van der Waals surface area contributed by atoms with Gasteiger partial charge in [0.1, 0.15) is 6.73 Å². The van der Waals surface area contributed by atoms with E-state index >= 15 is 0 Å². The van der Waals surface area contributed by atoms with Crippen LogP contribution in [0, 0.1) is 11.8 Å². The number of carboxylic acids is 1. The Morgan fingerprint density at radius 1 is 1.38 bits per heavy atom. The Hall–Kier alpha value is -1.78. The van der Waals surface area contributed by atoms with Gasteiger partial charge in [0, 0.05) is 24.1 Å². The van der Waals surface area contributed by atoms with E-state index in [1.165, 1.54) is 4.68 Å². The second-order valence-corrected chi connectivity index (χ2v) is 6.86. The first-order chi connectivity index (χ1) is 12.4. The number of ether oxygens (including phenoxy) is 1. The van der Waals surface area contributed by atoms with Crippen LogP contribution in [0.2, 0.25) is 5.28 Å². The van der Waals surface area contributed by atoms with Crippen LogP contribution in [0.5, 0.6) is 0 Å². The molecule has 142 valence electrons. The fourth-order valence-electron chi connectivity index (χ4n) is 2.78. The van der Waals surface area contributed by atoms with Gasteiger partial charge < -0.3 is 9.84 Å². The molecule has 0 radical (unpaired) electrons. The molecule has 0 aliphatic rings. The van der Waals surface area contributed by atoms with Crippen molar-refractivity contribution >= 4 is 30.2 Å². The topological polar surface area (TPSA) is 116 Å². The molecule has 2 atom stereocenters. The van der Waals surface area contributed by atoms with Gasteiger partial charge in [-0.25, -0.2) is 14.6 Å². The van der Waals surface area contributed by atoms with Crippen molar-refractivity contribution in [2.75, 3.05) is 12.4 Å². The van der Waals surface area contributed by atoms with Gasteiger partial charge in [0.25, 0.3) is 0 Å². The summed E-state index contributed by atoms with van der Waals surface area (Å²) in [6.07, 6.45) is 3.51. The summed E-state index contributed by atoms with van der Waals surface area (Å²) < 4.78 is 6.91. The minimum absolute atomic E-state index is 0.126. The van der Waals surface area contributed by atoms with Gasteiger partial charge in [0.15, 0.2) is 5.82 Å². The first kappa shape index (κ1) is 20.5. The number of aromatic nitrogens is 6. The number of halogens is 1. The second-order valence-electron chi connectivity index (χ2n) is 6.08. The second kappa shape index (κ2) is 9.79. The van der Waals surface area contributed by atoms with E-state index < -0.39 is 17.8 Å². The number of hydrogen-bond donors (Lipinski definition) is 2. The Morgan fingerprint density at radius 2 is 2.08 bits per heavy atom. The van der Waals surface area contributed by atoms with E-state index in [2.05, 4.69) is 38.1 Å². The van der Waals surface area contributed by atoms with Crippen LogP contribution >= 0.6 is 24.2 Å². The third kappa shape index (κ3) is 5.36. The molecule has 9 nitrogen and oxygen atoms in total. The molecular weight excluding hydrogens is 380 g/mol. The average molecular weight is 401 g/mol. The van der Waals surface area contributed by atoms with E-state index in [9.17, 15) is 9.90 Å². The van der Waals surface area contributed by atoms with Crippen LogP contribution in [0.25, 0.3) is 0 Å². The monoisotopic (exact) mass is 400 g/mol. The zero-order valence-corrected chi connectivity index (χ0v) is 16.1. The third-order valence-electron chi connectivity index (χ3n) is 3.91. The molecule has 2 aromatic rings. The van der Waals surface area contributed by atoms with Crippen LogP contribution < -0.4 is 0 Å². The number of thiol groups is 1. The highest BCUT2D eigenvalue weighted by atomic mass is 35.5. The molecule has 1 N–H and O–H groups in total. The zero-order chi connectivity index (χ0) is 19.1. The van der Waals surface area contributed by atoms with Gasteiger partial charge in [-0.05, 0) is 39.9 Å². The number of tetrazole rings is 1. The maximum Gasteiger partial charge on any atom is 0.307 e. The number of rotatable bonds is 10. The number of carboxylic acid groups (broad SMARTS) is 1. The van der Waals surface area contributed by atoms with Crippen molar-refractivity contribution in [3.8, 4) is 0 Å². The minimum atomic E-state index is -0.911. The Bertz CT molecular complexity index is 712. The molecule has 11 heteroatoms. The van der Waals surface area contributed by atoms with Gasteiger partial charge >= 0.3 is 5.97 Å². The van der Waals surface area contributed by atoms with E-state index in [-0.39, 0.29) is 17.9 Å². The van der Waals surface area contributed by atoms with Crippen molar-refractivity contribution < 1.29 is 14.6 Å². The predicted molar refractivity (Wildman–Crippen MR) is 97.1 cm³/mol. The van der Waals surface area contributed by atoms with Crippen molar-refractivity contribution in [1.82, 2.24) is 30.2 Å². The lowest BCUT2D eigenvalue weighted by molar-refractivity contribution is -0.144. The van der Waals surface area contributed by atoms with E-state index in [4.69, 9.17) is 16.3 Å². The standard InChI is InChI=1S/C15H21ClN6O3S/c1-9(2)12(14(23)24)11(5-10-6-17-15(16)18-7-10)13-19-20-21-22(13)8-25-3-4-26/h6-7,9,11-12,26H,3-5,8H2,1-2H3,(H,23,24)/t11-,12?/m0/s1. The summed E-state index contributed by atoms with van der Waals surface area (Å²) in [6, 6.07) is 0. The van der Waals surface area contributed by atoms with Crippen molar-refractivity contribution in [2.24, 2.45) is 11.8 Å². The van der Waals surface area contributed by atoms with Crippen molar-refractivity contribution in [1.29, 1.82) is 0 Å². The Labute approximate surface area is 161 Å². The van der Waals surface area contributed by atoms with Gasteiger partial charge in [-0.1, -0.05) is 13.8 Å². The van der Waals surface area contributed by atoms with Crippen LogP contribution in [0.4, 0.5) is 0 Å². The van der Waals surface area contributed by atoms with E-state index in [0.29, 0.717) is 24.6 Å². The van der Waals surface area contributed by atoms with Crippen LogP contribution in [0.15, 0.2) is 12.4 Å². The maximum absolute atomic E-state index is 11.9. The lowest BCUT2D eigenvalue weighted by Gasteiger charge is -2.26. The fourth-order valence-corrected chi connectivity index (χ4v) is 3.01. The van der Waals surface area contributed by atoms with Crippen molar-refractivity contribution in [2.45, 2.75) is 32.9 Å². The van der Waals surface area contributed by atoms with Gasteiger partial charge in [-0.3, -0.25) is 4.79 Å². The Balaban J connectivity index is 2.35. The molecule has 0 spiro atoms. The number of aliphatic carboxylic acids is 1. The highest BCUT2D eigenvalue weighted by molar-refractivity contribution is 7.80. The summed E-state index contributed by atoms with van der Waals surface area (Å²) in [7, 11) is 0. The first-order valence-corrected chi connectivity index (χ1v) is 9.09. The van der Waals surface area contributed by atoms with E-state index in [1.807, 2.05) is 13.8 Å². The molecule has 0 aliphatic carbocycles. The Morgan fingerprint density at radius 3 is 2.65 bits per heavy atom. The summed E-state index contributed by atoms with van der Waals surface area (Å²) in [5, 5.41) is 21.6. The largest absolute Gasteiger partial charge is 0.481 e. The van der Waals surface area contributed by atoms with Gasteiger partial charge in [-0.15, -0.1) is 5.10 Å². The number of nitrogens with zero attached hydrogens (tertiary/aromatic N) is 6. The van der Waals surface area contributed by atoms with E-state index in [1.54, 1.807) is 12.4 Å². The van der Waals surface area contributed by atoms with Crippen molar-refractivity contribution in [3.63, 3.8) is 0 Å². The van der Waals surface area contributed by atoms with E-state index in [0.717, 1.165) is 5.56 Å². The maximum atomic E-state index is 11.9. The summed E-state index contributed by atoms with van der Waals surface area (Å²) >= 11 is 9.82. The van der Waals surface area contributed by atoms with Gasteiger partial charge in [0.05, 0.1) is 12.5 Å². The van der Waals surface area contributed by atoms with Gasteiger partial charge in [0.2, 0.25) is 5.28 Å². The molecule has 2 heterocycles. The predicted octanol–water partition coefficient (Wildman–Crippen LogP) is 1.70. The molecule has 1 unspecified atom stereocenters. The molecule has 0 bridgehead atoms. The molecule has 26 heavy (non-hydrogen) atoms. The smallest absolute Gasteiger partial charge is 0.307 e. The summed E-state index contributed by atoms with van der Waals surface area (Å²) in [5.41, 5.74) is 0.747. The highest BCUT2D eigenvalue weighted by Crippen LogP contribution is 2.32. The van der Waals surface area contributed by atoms with Crippen LogP contribution in [-0.4, -0.2) is 53.6 Å². The lowest BCUT2D eigenvalue weighted by atomic mass is 9.79. The Kier molecular flexibility index (Phi) is 7.73. The molecular formula is C15H21ClN6O3S. The quantitative estimate of drug-likeness (QED) is 0.351. The third-order valence-corrected chi connectivity index (χ3v) is 4.28. The molecule has 0 saturated heterocycles. The van der Waals surface area contributed by atoms with Crippen molar-refractivity contribution in [3.05, 3.63) is 29.1 Å². The number of hydrogen-bond acceptors (Lipinski definition) is 8. The first-order valence-electron chi connectivity index (χ1n) is 8.08.